The van der Waals surface area contributed by atoms with Crippen molar-refractivity contribution >= 4 is 17.7 Å². The molecule has 142 valence electrons. The summed E-state index contributed by atoms with van der Waals surface area (Å²) in [5.74, 6) is -0.177. The lowest BCUT2D eigenvalue weighted by Crippen LogP contribution is -2.48. The van der Waals surface area contributed by atoms with E-state index in [-0.39, 0.29) is 0 Å². The van der Waals surface area contributed by atoms with Gasteiger partial charge in [0.05, 0.1) is 19.5 Å². The molecule has 8 nitrogen and oxygen atoms in total. The van der Waals surface area contributed by atoms with Gasteiger partial charge in [-0.3, -0.25) is 10.6 Å². The second-order valence-corrected chi connectivity index (χ2v) is 6.90. The minimum Gasteiger partial charge on any atom is -0.382 e. The Bertz CT molecular complexity index is 882. The van der Waals surface area contributed by atoms with Crippen LogP contribution in [0.15, 0.2) is 35.6 Å². The molecule has 0 spiro atoms. The van der Waals surface area contributed by atoms with E-state index in [0.717, 1.165) is 49.5 Å². The first-order valence-corrected chi connectivity index (χ1v) is 9.09. The molecule has 2 aromatic rings. The predicted octanol–water partition coefficient (Wildman–Crippen LogP) is 0.964. The van der Waals surface area contributed by atoms with Gasteiger partial charge < -0.3 is 20.8 Å². The van der Waals surface area contributed by atoms with E-state index in [1.54, 1.807) is 6.33 Å². The van der Waals surface area contributed by atoms with Crippen LogP contribution in [0.1, 0.15) is 22.4 Å². The molecule has 8 heteroatoms. The number of nitrogens with one attached hydrogen (secondary N) is 2. The monoisotopic (exact) mass is 367 g/mol. The van der Waals surface area contributed by atoms with E-state index in [2.05, 4.69) is 43.4 Å². The number of aryl methyl sites for hydroxylation is 1. The Morgan fingerprint density at radius 3 is 2.93 bits per heavy atom. The highest BCUT2D eigenvalue weighted by molar-refractivity contribution is 6.01. The van der Waals surface area contributed by atoms with Crippen molar-refractivity contribution in [3.05, 3.63) is 53.0 Å². The lowest BCUT2D eigenvalue weighted by Gasteiger charge is -2.32. The van der Waals surface area contributed by atoms with Crippen LogP contribution in [0.2, 0.25) is 0 Å². The molecule has 0 aliphatic carbocycles. The van der Waals surface area contributed by atoms with E-state index in [0.29, 0.717) is 17.3 Å². The van der Waals surface area contributed by atoms with Crippen LogP contribution in [0.4, 0.5) is 5.82 Å². The van der Waals surface area contributed by atoms with E-state index in [4.69, 9.17) is 16.2 Å². The van der Waals surface area contributed by atoms with Crippen molar-refractivity contribution in [2.45, 2.75) is 12.7 Å². The van der Waals surface area contributed by atoms with Crippen molar-refractivity contribution in [3.63, 3.8) is 0 Å². The zero-order valence-corrected chi connectivity index (χ0v) is 15.4. The van der Waals surface area contributed by atoms with E-state index >= 15 is 0 Å². The highest BCUT2D eigenvalue weighted by atomic mass is 16.5. The number of hydrogen-bond donors (Lipinski definition) is 4. The first-order chi connectivity index (χ1) is 13.0. The number of ether oxygens (including phenoxy) is 1. The van der Waals surface area contributed by atoms with Crippen LogP contribution >= 0.6 is 0 Å². The van der Waals surface area contributed by atoms with Gasteiger partial charge in [-0.25, -0.2) is 9.98 Å². The highest BCUT2D eigenvalue weighted by Gasteiger charge is 2.34. The number of morpholine rings is 1. The molecular weight excluding hydrogens is 342 g/mol. The van der Waals surface area contributed by atoms with E-state index in [9.17, 15) is 0 Å². The van der Waals surface area contributed by atoms with Crippen molar-refractivity contribution in [1.29, 1.82) is 0 Å². The summed E-state index contributed by atoms with van der Waals surface area (Å²) in [4.78, 5) is 14.0. The fourth-order valence-corrected chi connectivity index (χ4v) is 3.51. The first kappa shape index (κ1) is 17.7. The van der Waals surface area contributed by atoms with Crippen LogP contribution in [0.25, 0.3) is 6.08 Å². The number of hydrogen-bond acceptors (Lipinski definition) is 7. The topological polar surface area (TPSA) is 118 Å². The molecule has 1 aromatic carbocycles. The lowest BCUT2D eigenvalue weighted by molar-refractivity contribution is 0.0435. The maximum Gasteiger partial charge on any atom is 0.212 e. The third-order valence-corrected chi connectivity index (χ3v) is 4.94. The highest BCUT2D eigenvalue weighted by Crippen LogP contribution is 2.30. The third-order valence-electron chi connectivity index (χ3n) is 4.94. The fraction of sp³-hybridized carbons (Fsp3) is 0.368. The second-order valence-electron chi connectivity index (χ2n) is 6.90. The molecule has 0 saturated carbocycles. The number of aromatic amines is 1. The minimum absolute atomic E-state index is 0.345. The van der Waals surface area contributed by atoms with Crippen LogP contribution < -0.4 is 16.8 Å². The maximum absolute atomic E-state index is 6.52. The van der Waals surface area contributed by atoms with Crippen molar-refractivity contribution in [1.82, 2.24) is 14.9 Å². The molecular formula is C19H25N7O. The summed E-state index contributed by atoms with van der Waals surface area (Å²) in [6, 6.07) is 6.14. The quantitative estimate of drug-likeness (QED) is 0.639. The van der Waals surface area contributed by atoms with Crippen molar-refractivity contribution < 1.29 is 4.74 Å². The van der Waals surface area contributed by atoms with Crippen LogP contribution in [-0.4, -0.2) is 53.6 Å². The normalized spacial score (nSPS) is 23.1. The fourth-order valence-electron chi connectivity index (χ4n) is 3.51. The molecule has 6 N–H and O–H groups in total. The summed E-state index contributed by atoms with van der Waals surface area (Å²) in [6.07, 6.45) is 5.89. The predicted molar refractivity (Wildman–Crippen MR) is 106 cm³/mol. The molecule has 1 unspecified atom stereocenters. The number of fused-ring (bicyclic) bond motifs is 1. The number of aromatic nitrogens is 2. The number of rotatable bonds is 4. The van der Waals surface area contributed by atoms with Gasteiger partial charge in [-0.05, 0) is 18.1 Å². The molecule has 1 saturated heterocycles. The number of benzene rings is 1. The van der Waals surface area contributed by atoms with Crippen molar-refractivity contribution in [2.24, 2.45) is 16.5 Å². The zero-order valence-electron chi connectivity index (χ0n) is 15.4. The molecule has 1 aromatic heterocycles. The minimum atomic E-state index is -1.13. The first-order valence-electron chi connectivity index (χ1n) is 9.09. The molecule has 0 amide bonds. The van der Waals surface area contributed by atoms with Crippen molar-refractivity contribution in [3.8, 4) is 0 Å². The zero-order chi connectivity index (χ0) is 18.9. The Balaban J connectivity index is 1.51. The Hall–Kier alpha value is -2.68. The summed E-state index contributed by atoms with van der Waals surface area (Å²) in [6.45, 7) is 6.55. The van der Waals surface area contributed by atoms with Crippen LogP contribution in [0, 0.1) is 6.92 Å². The van der Waals surface area contributed by atoms with Gasteiger partial charge in [0.1, 0.15) is 5.69 Å². The van der Waals surface area contributed by atoms with Gasteiger partial charge in [0.15, 0.2) is 11.7 Å². The second kappa shape index (κ2) is 7.15. The van der Waals surface area contributed by atoms with Gasteiger partial charge in [-0.1, -0.05) is 30.4 Å². The standard InChI is InChI=1S/C19H25N7O/c1-13-11-14(3-2-6-26-7-9-27-10-8-26)4-5-15(13)19(21)24-17(20)16-18(25-19)23-12-22-16/h2-5,11-12,25H,6-10,21H2,1H3,(H2,20,24)(H,22,23)/b3-2+. The average Bonchev–Trinajstić information content (AvgIpc) is 3.11. The Morgan fingerprint density at radius 1 is 1.33 bits per heavy atom. The smallest absolute Gasteiger partial charge is 0.212 e. The molecule has 2 aliphatic rings. The SMILES string of the molecule is Cc1cc(/C=C/CN2CCOCC2)ccc1C1(N)N=C(N)c2[nH]cnc2N1. The maximum atomic E-state index is 6.52. The summed E-state index contributed by atoms with van der Waals surface area (Å²) in [5, 5.41) is 3.18. The number of H-pyrrole nitrogens is 1. The van der Waals surface area contributed by atoms with Gasteiger partial charge in [0.25, 0.3) is 0 Å². The molecule has 1 atom stereocenters. The molecule has 4 rings (SSSR count). The Kier molecular flexibility index (Phi) is 4.69. The van der Waals surface area contributed by atoms with Crippen LogP contribution in [0.5, 0.6) is 0 Å². The lowest BCUT2D eigenvalue weighted by atomic mass is 9.98. The van der Waals surface area contributed by atoms with E-state index in [1.165, 1.54) is 0 Å². The van der Waals surface area contributed by atoms with Gasteiger partial charge >= 0.3 is 0 Å². The van der Waals surface area contributed by atoms with E-state index in [1.807, 2.05) is 19.1 Å². The number of nitrogens with two attached hydrogens (primary N) is 2. The molecule has 3 heterocycles. The summed E-state index contributed by atoms with van der Waals surface area (Å²) >= 11 is 0. The number of aliphatic imine (C=N–C) groups is 1. The summed E-state index contributed by atoms with van der Waals surface area (Å²) < 4.78 is 5.38. The number of anilines is 1. The molecule has 0 radical (unpaired) electrons. The van der Waals surface area contributed by atoms with Gasteiger partial charge in [0.2, 0.25) is 5.79 Å². The van der Waals surface area contributed by atoms with Crippen LogP contribution in [-0.2, 0) is 10.5 Å². The number of imidazole rings is 1. The van der Waals surface area contributed by atoms with Gasteiger partial charge in [0, 0.05) is 25.2 Å². The molecule has 0 bridgehead atoms. The van der Waals surface area contributed by atoms with Gasteiger partial charge in [-0.15, -0.1) is 0 Å². The average molecular weight is 367 g/mol. The molecule has 27 heavy (non-hydrogen) atoms. The summed E-state index contributed by atoms with van der Waals surface area (Å²) in [5.41, 5.74) is 16.3. The number of nitrogens with zero attached hydrogens (tertiary/aromatic N) is 3. The summed E-state index contributed by atoms with van der Waals surface area (Å²) in [7, 11) is 0. The van der Waals surface area contributed by atoms with Crippen molar-refractivity contribution in [2.75, 3.05) is 38.2 Å². The van der Waals surface area contributed by atoms with E-state index < -0.39 is 5.79 Å². The molecule has 1 fully saturated rings. The van der Waals surface area contributed by atoms with Gasteiger partial charge in [-0.2, -0.15) is 0 Å². The van der Waals surface area contributed by atoms with Crippen LogP contribution in [0.3, 0.4) is 0 Å². The number of amidine groups is 1. The Morgan fingerprint density at radius 2 is 2.15 bits per heavy atom. The largest absolute Gasteiger partial charge is 0.382 e. The Labute approximate surface area is 158 Å². The molecule has 2 aliphatic heterocycles. The third kappa shape index (κ3) is 3.59.